The van der Waals surface area contributed by atoms with E-state index in [4.69, 9.17) is 0 Å². The van der Waals surface area contributed by atoms with Gasteiger partial charge in [0.05, 0.1) is 39.3 Å². The van der Waals surface area contributed by atoms with Crippen molar-refractivity contribution in [1.82, 2.24) is 46.6 Å². The van der Waals surface area contributed by atoms with E-state index in [1.807, 2.05) is 4.90 Å². The predicted molar refractivity (Wildman–Crippen MR) is 466 cm³/mol. The van der Waals surface area contributed by atoms with Crippen LogP contribution in [0, 0.1) is 0 Å². The third-order valence-electron chi connectivity index (χ3n) is 23.1. The Hall–Kier alpha value is -3.34. The van der Waals surface area contributed by atoms with Gasteiger partial charge in [0.25, 0.3) is 11.8 Å². The van der Waals surface area contributed by atoms with Gasteiger partial charge in [0.15, 0.2) is 13.1 Å². The Bertz CT molecular complexity index is 1950. The summed E-state index contributed by atoms with van der Waals surface area (Å²) >= 11 is 0. The Morgan fingerprint density at radius 3 is 0.908 bits per heavy atom. The molecule has 1 saturated heterocycles. The number of quaternary nitrogens is 1. The van der Waals surface area contributed by atoms with Crippen LogP contribution < -0.4 is 31.9 Å². The molecule has 0 unspecified atom stereocenters. The molecule has 6 amide bonds. The van der Waals surface area contributed by atoms with Crippen molar-refractivity contribution in [2.24, 2.45) is 0 Å². The molecule has 0 radical (unpaired) electrons. The lowest BCUT2D eigenvalue weighted by Crippen LogP contribution is -2.59. The Morgan fingerprint density at radius 2 is 0.569 bits per heavy atom. The van der Waals surface area contributed by atoms with Crippen molar-refractivity contribution in [2.45, 2.75) is 439 Å². The highest BCUT2D eigenvalue weighted by Crippen LogP contribution is 2.20. The lowest BCUT2D eigenvalue weighted by molar-refractivity contribution is -0.913. The van der Waals surface area contributed by atoms with Crippen LogP contribution in [0.25, 0.3) is 0 Å². The standard InChI is InChI=1S/C93H184N10O6/c1-6-11-16-21-26-31-37-44-51-58-69-94-88(104)82-100(77-67-78-102(84-90(106)96-71-60-53-45-38-32-27-22-17-12-7-2)85-91(107)97-72-61-54-46-39-33-28-23-18-13-8-3)75-64-65-76-101-79-68-81-103(80-66-57-50-43-36-42-47-52-59-70-95-89(105)83-101,86-92(108)98-73-62-55-48-40-34-29-24-19-14-9-4)87-93(109)99-74-63-56-49-41-35-30-25-20-15-10-5/h6-87H2,1-5H3,(H5-,94,95,96,97,98,99,104,105,106,107,108,109)/p+1. The number of rotatable bonds is 74. The van der Waals surface area contributed by atoms with E-state index < -0.39 is 0 Å². The molecule has 0 saturated carbocycles. The van der Waals surface area contributed by atoms with Crippen LogP contribution in [0.5, 0.6) is 0 Å². The molecule has 1 aliphatic rings. The van der Waals surface area contributed by atoms with Crippen LogP contribution in [0.2, 0.25) is 0 Å². The number of unbranched alkanes of at least 4 members (excludes halogenated alkanes) is 46. The zero-order chi connectivity index (χ0) is 78.9. The third-order valence-corrected chi connectivity index (χ3v) is 23.1. The smallest absolute Gasteiger partial charge is 0.275 e. The van der Waals surface area contributed by atoms with Gasteiger partial charge in [-0.1, -0.05) is 362 Å². The number of nitrogens with one attached hydrogen (secondary N) is 6. The molecule has 0 atom stereocenters. The molecule has 1 aliphatic heterocycles. The third kappa shape index (κ3) is 72.1. The van der Waals surface area contributed by atoms with E-state index in [1.54, 1.807) is 0 Å². The van der Waals surface area contributed by atoms with Crippen LogP contribution in [0.1, 0.15) is 439 Å². The molecule has 109 heavy (non-hydrogen) atoms. The zero-order valence-electron chi connectivity index (χ0n) is 73.2. The van der Waals surface area contributed by atoms with E-state index >= 15 is 0 Å². The van der Waals surface area contributed by atoms with Gasteiger partial charge in [-0.05, 0) is 90.3 Å². The van der Waals surface area contributed by atoms with E-state index in [-0.39, 0.29) is 68.2 Å². The highest BCUT2D eigenvalue weighted by molar-refractivity contribution is 5.81. The van der Waals surface area contributed by atoms with Crippen LogP contribution >= 0.6 is 0 Å². The van der Waals surface area contributed by atoms with Crippen LogP contribution in [0.3, 0.4) is 0 Å². The van der Waals surface area contributed by atoms with Gasteiger partial charge in [-0.15, -0.1) is 0 Å². The van der Waals surface area contributed by atoms with Crippen LogP contribution in [-0.2, 0) is 28.8 Å². The summed E-state index contributed by atoms with van der Waals surface area (Å²) in [5, 5.41) is 19.6. The Kier molecular flexibility index (Phi) is 77.3. The second kappa shape index (κ2) is 81.2. The van der Waals surface area contributed by atoms with E-state index in [9.17, 15) is 28.8 Å². The molecule has 1 fully saturated rings. The van der Waals surface area contributed by atoms with Crippen molar-refractivity contribution in [3.8, 4) is 0 Å². The summed E-state index contributed by atoms with van der Waals surface area (Å²) in [4.78, 5) is 90.5. The first-order valence-electron chi connectivity index (χ1n) is 48.1. The summed E-state index contributed by atoms with van der Waals surface area (Å²) in [6.45, 7) is 21.5. The largest absolute Gasteiger partial charge is 0.355 e. The van der Waals surface area contributed by atoms with E-state index in [0.29, 0.717) is 96.0 Å². The number of hydrogen-bond donors (Lipinski definition) is 6. The average Bonchev–Trinajstić information content (AvgIpc) is 0.857. The van der Waals surface area contributed by atoms with Gasteiger partial charge in [-0.3, -0.25) is 43.5 Å². The van der Waals surface area contributed by atoms with Crippen LogP contribution in [-0.4, -0.2) is 179 Å². The zero-order valence-corrected chi connectivity index (χ0v) is 73.2. The quantitative estimate of drug-likeness (QED) is 0.0255. The number of carbonyl (C=O) groups is 6. The molecular weight excluding hydrogens is 1350 g/mol. The van der Waals surface area contributed by atoms with Crippen molar-refractivity contribution in [3.05, 3.63) is 0 Å². The van der Waals surface area contributed by atoms with Gasteiger partial charge in [-0.2, -0.15) is 0 Å². The molecule has 0 aromatic rings. The highest BCUT2D eigenvalue weighted by Gasteiger charge is 2.33. The first-order valence-corrected chi connectivity index (χ1v) is 48.1. The monoisotopic (exact) mass is 1540 g/mol. The molecule has 642 valence electrons. The maximum atomic E-state index is 14.3. The molecule has 0 spiro atoms. The number of nitrogens with zero attached hydrogens (tertiary/aromatic N) is 4. The molecule has 6 N–H and O–H groups in total. The van der Waals surface area contributed by atoms with Crippen molar-refractivity contribution >= 4 is 35.4 Å². The maximum Gasteiger partial charge on any atom is 0.275 e. The number of hydrogen-bond acceptors (Lipinski definition) is 9. The fourth-order valence-corrected chi connectivity index (χ4v) is 16.1. The Morgan fingerprint density at radius 1 is 0.303 bits per heavy atom. The second-order valence-electron chi connectivity index (χ2n) is 34.0. The van der Waals surface area contributed by atoms with E-state index in [1.165, 1.54) is 283 Å². The van der Waals surface area contributed by atoms with Crippen molar-refractivity contribution < 1.29 is 33.3 Å². The fraction of sp³-hybridized carbons (Fsp3) is 0.935. The van der Waals surface area contributed by atoms with Crippen molar-refractivity contribution in [3.63, 3.8) is 0 Å². The van der Waals surface area contributed by atoms with Gasteiger partial charge >= 0.3 is 0 Å². The molecule has 16 heteroatoms. The van der Waals surface area contributed by atoms with Gasteiger partial charge in [0, 0.05) is 58.8 Å². The molecule has 0 aliphatic carbocycles. The second-order valence-corrected chi connectivity index (χ2v) is 34.0. The summed E-state index contributed by atoms with van der Waals surface area (Å²) in [7, 11) is 0. The van der Waals surface area contributed by atoms with Crippen LogP contribution in [0.4, 0.5) is 0 Å². The number of carbonyl (C=O) groups excluding carboxylic acids is 6. The molecule has 0 aromatic heterocycles. The number of amides is 6. The summed E-state index contributed by atoms with van der Waals surface area (Å²) in [6.07, 6.45) is 75.4. The predicted octanol–water partition coefficient (Wildman–Crippen LogP) is 21.1. The van der Waals surface area contributed by atoms with Gasteiger partial charge < -0.3 is 36.4 Å². The lowest BCUT2D eigenvalue weighted by atomic mass is 10.1. The molecule has 0 aromatic carbocycles. The van der Waals surface area contributed by atoms with E-state index in [2.05, 4.69) is 76.3 Å². The van der Waals surface area contributed by atoms with Crippen molar-refractivity contribution in [2.75, 3.05) is 124 Å². The summed E-state index contributed by atoms with van der Waals surface area (Å²) in [6, 6.07) is 0. The van der Waals surface area contributed by atoms with Gasteiger partial charge in [0.2, 0.25) is 23.6 Å². The Balaban J connectivity index is 3.41. The lowest BCUT2D eigenvalue weighted by Gasteiger charge is -2.38. The first-order chi connectivity index (χ1) is 53.5. The molecule has 1 rings (SSSR count). The molecular formula is C93H185N10O6+. The fourth-order valence-electron chi connectivity index (χ4n) is 16.1. The minimum absolute atomic E-state index is 0.0342. The maximum absolute atomic E-state index is 14.3. The topological polar surface area (TPSA) is 184 Å². The highest BCUT2D eigenvalue weighted by atomic mass is 16.2. The average molecular weight is 1540 g/mol. The minimum Gasteiger partial charge on any atom is -0.355 e. The summed E-state index contributed by atoms with van der Waals surface area (Å²) in [5.41, 5.74) is 0. The van der Waals surface area contributed by atoms with Crippen LogP contribution in [0.15, 0.2) is 0 Å². The summed E-state index contributed by atoms with van der Waals surface area (Å²) in [5.74, 6) is 0.0755. The van der Waals surface area contributed by atoms with Gasteiger partial charge in [-0.25, -0.2) is 0 Å². The SMILES string of the molecule is CCCCCCCCCCCCNC(=O)CN(CCCCN1CCC[N+](CC(=O)NCCCCCCCCCCCC)(CC(=O)NCCCCCCCCCCCC)CCCCCCCCCCCNC(=O)C1)CCCN(CC(=O)NCCCCCCCCCCCC)CC(=O)NCCCCCCCCCCCC. The normalized spacial score (nSPS) is 14.5. The van der Waals surface area contributed by atoms with E-state index in [0.717, 1.165) is 122 Å². The van der Waals surface area contributed by atoms with Crippen molar-refractivity contribution in [1.29, 1.82) is 0 Å². The first kappa shape index (κ1) is 104. The van der Waals surface area contributed by atoms with Gasteiger partial charge in [0.1, 0.15) is 0 Å². The molecule has 1 heterocycles. The minimum atomic E-state index is -0.0412. The molecule has 16 nitrogen and oxygen atoms in total. The Labute approximate surface area is 675 Å². The summed E-state index contributed by atoms with van der Waals surface area (Å²) < 4.78 is 0.426. The molecule has 0 bridgehead atoms.